The highest BCUT2D eigenvalue weighted by atomic mass is 15.1. The Hall–Kier alpha value is -1.88. The van der Waals surface area contributed by atoms with E-state index in [0.717, 1.165) is 29.9 Å². The number of rotatable bonds is 2. The van der Waals surface area contributed by atoms with Crippen LogP contribution in [0.3, 0.4) is 0 Å². The molecular weight excluding hydrogens is 250 g/mol. The minimum Gasteiger partial charge on any atom is -0.345 e. The minimum atomic E-state index is 0. The van der Waals surface area contributed by atoms with Gasteiger partial charge in [-0.05, 0) is 18.5 Å². The van der Waals surface area contributed by atoms with Crippen molar-refractivity contribution in [3.63, 3.8) is 0 Å². The third-order valence-corrected chi connectivity index (χ3v) is 4.31. The maximum Gasteiger partial charge on any atom is 0.156 e. The predicted octanol–water partition coefficient (Wildman–Crippen LogP) is 2.56. The van der Waals surface area contributed by atoms with E-state index in [0.29, 0.717) is 11.8 Å². The van der Waals surface area contributed by atoms with E-state index in [1.54, 1.807) is 0 Å². The lowest BCUT2D eigenvalue weighted by atomic mass is 9.91. The Bertz CT molecular complexity index is 726. The van der Waals surface area contributed by atoms with E-state index >= 15 is 0 Å². The molecule has 2 atom stereocenters. The van der Waals surface area contributed by atoms with Crippen LogP contribution in [-0.2, 0) is 0 Å². The number of hydrogen-bond acceptors (Lipinski definition) is 3. The molecule has 4 heterocycles. The normalized spacial score (nSPS) is 22.4. The monoisotopic (exact) mass is 271 g/mol. The van der Waals surface area contributed by atoms with Gasteiger partial charge in [0.25, 0.3) is 0 Å². The van der Waals surface area contributed by atoms with Crippen LogP contribution in [0, 0.1) is 5.92 Å². The van der Waals surface area contributed by atoms with Crippen molar-refractivity contribution in [2.75, 3.05) is 13.1 Å². The van der Waals surface area contributed by atoms with Crippen molar-refractivity contribution in [1.29, 1.82) is 0 Å². The summed E-state index contributed by atoms with van der Waals surface area (Å²) in [5.41, 5.74) is 4.28. The van der Waals surface area contributed by atoms with Crippen molar-refractivity contribution in [1.82, 2.24) is 24.7 Å². The zero-order valence-corrected chi connectivity index (χ0v) is 10.9. The molecule has 0 aliphatic carbocycles. The molecule has 5 heteroatoms. The zero-order valence-electron chi connectivity index (χ0n) is 10.9. The number of fused-ring (bicyclic) bond motifs is 3. The van der Waals surface area contributed by atoms with E-state index in [4.69, 9.17) is 0 Å². The second-order valence-electron chi connectivity index (χ2n) is 5.28. The number of hydrogen-bond donors (Lipinski definition) is 2. The first kappa shape index (κ1) is 13.1. The maximum atomic E-state index is 4.52. The molecule has 2 N–H and O–H groups in total. The number of imidazole rings is 1. The van der Waals surface area contributed by atoms with Crippen molar-refractivity contribution in [2.45, 2.75) is 26.7 Å². The summed E-state index contributed by atoms with van der Waals surface area (Å²) in [6.45, 7) is 4.41. The molecule has 0 amide bonds. The summed E-state index contributed by atoms with van der Waals surface area (Å²) in [6.07, 6.45) is 6.99. The molecule has 1 aliphatic heterocycles. The van der Waals surface area contributed by atoms with Gasteiger partial charge in [-0.25, -0.2) is 9.97 Å². The molecule has 0 saturated carbocycles. The van der Waals surface area contributed by atoms with E-state index in [1.807, 2.05) is 18.6 Å². The highest BCUT2D eigenvalue weighted by Gasteiger charge is 2.29. The summed E-state index contributed by atoms with van der Waals surface area (Å²) in [5, 5.41) is 3.50. The van der Waals surface area contributed by atoms with Gasteiger partial charge in [0, 0.05) is 30.6 Å². The van der Waals surface area contributed by atoms with E-state index in [2.05, 4.69) is 37.7 Å². The Morgan fingerprint density at radius 2 is 2.20 bits per heavy atom. The SMILES string of the molecule is C.CC[C@@H]1CNCC1c1cnc2cnc3[nH]ccc3n12. The maximum absolute atomic E-state index is 4.52. The number of nitrogens with one attached hydrogen (secondary N) is 2. The fourth-order valence-corrected chi connectivity index (χ4v) is 3.26. The molecule has 1 saturated heterocycles. The van der Waals surface area contributed by atoms with E-state index < -0.39 is 0 Å². The van der Waals surface area contributed by atoms with Crippen LogP contribution in [0.2, 0.25) is 0 Å². The molecule has 0 aromatic carbocycles. The van der Waals surface area contributed by atoms with Gasteiger partial charge in [-0.3, -0.25) is 4.40 Å². The fraction of sp³-hybridized carbons (Fsp3) is 0.467. The largest absolute Gasteiger partial charge is 0.345 e. The van der Waals surface area contributed by atoms with Gasteiger partial charge in [0.1, 0.15) is 0 Å². The lowest BCUT2D eigenvalue weighted by molar-refractivity contribution is 0.493. The third-order valence-electron chi connectivity index (χ3n) is 4.31. The standard InChI is InChI=1S/C14H17N5.CH4/c1-2-9-5-15-6-10(9)12-7-17-13-8-18-14-11(19(12)13)3-4-16-14;/h3-4,7-10,15-16H,2,5-6H2,1H3;1H4/t9-,10?;/m1./s1. The molecule has 0 bridgehead atoms. The Morgan fingerprint density at radius 1 is 1.30 bits per heavy atom. The zero-order chi connectivity index (χ0) is 12.8. The summed E-state index contributed by atoms with van der Waals surface area (Å²) in [4.78, 5) is 12.1. The topological polar surface area (TPSA) is 58.0 Å². The molecule has 4 rings (SSSR count). The van der Waals surface area contributed by atoms with E-state index in [9.17, 15) is 0 Å². The van der Waals surface area contributed by atoms with Crippen LogP contribution >= 0.6 is 0 Å². The van der Waals surface area contributed by atoms with Gasteiger partial charge in [0.15, 0.2) is 11.3 Å². The van der Waals surface area contributed by atoms with Gasteiger partial charge in [0.05, 0.1) is 11.7 Å². The second-order valence-corrected chi connectivity index (χ2v) is 5.28. The molecule has 1 fully saturated rings. The molecule has 106 valence electrons. The predicted molar refractivity (Wildman–Crippen MR) is 81.0 cm³/mol. The molecule has 0 radical (unpaired) electrons. The molecule has 5 nitrogen and oxygen atoms in total. The van der Waals surface area contributed by atoms with Crippen LogP contribution in [0.25, 0.3) is 16.8 Å². The van der Waals surface area contributed by atoms with Gasteiger partial charge < -0.3 is 10.3 Å². The molecule has 3 aromatic heterocycles. The van der Waals surface area contributed by atoms with Crippen LogP contribution in [0.4, 0.5) is 0 Å². The lowest BCUT2D eigenvalue weighted by Crippen LogP contribution is -2.12. The van der Waals surface area contributed by atoms with E-state index in [-0.39, 0.29) is 7.43 Å². The number of aromatic amines is 1. The van der Waals surface area contributed by atoms with Gasteiger partial charge >= 0.3 is 0 Å². The first-order chi connectivity index (χ1) is 9.38. The van der Waals surface area contributed by atoms with Gasteiger partial charge in [-0.15, -0.1) is 0 Å². The Kier molecular flexibility index (Phi) is 3.22. The van der Waals surface area contributed by atoms with Crippen molar-refractivity contribution < 1.29 is 0 Å². The van der Waals surface area contributed by atoms with Crippen LogP contribution in [0.15, 0.2) is 24.7 Å². The quantitative estimate of drug-likeness (QED) is 0.753. The second kappa shape index (κ2) is 4.90. The van der Waals surface area contributed by atoms with E-state index in [1.165, 1.54) is 12.1 Å². The van der Waals surface area contributed by atoms with Gasteiger partial charge in [-0.1, -0.05) is 20.8 Å². The fourth-order valence-electron chi connectivity index (χ4n) is 3.26. The van der Waals surface area contributed by atoms with Crippen LogP contribution in [-0.4, -0.2) is 32.4 Å². The number of aromatic nitrogens is 4. The molecule has 1 unspecified atom stereocenters. The summed E-state index contributed by atoms with van der Waals surface area (Å²) < 4.78 is 2.25. The van der Waals surface area contributed by atoms with Crippen molar-refractivity contribution in [3.05, 3.63) is 30.4 Å². The van der Waals surface area contributed by atoms with Crippen molar-refractivity contribution in [3.8, 4) is 0 Å². The van der Waals surface area contributed by atoms with Gasteiger partial charge in [-0.2, -0.15) is 0 Å². The summed E-state index contributed by atoms with van der Waals surface area (Å²) >= 11 is 0. The first-order valence-electron chi connectivity index (χ1n) is 6.88. The number of nitrogens with zero attached hydrogens (tertiary/aromatic N) is 3. The Morgan fingerprint density at radius 3 is 3.05 bits per heavy atom. The third kappa shape index (κ3) is 1.73. The summed E-state index contributed by atoms with van der Waals surface area (Å²) in [5.74, 6) is 1.24. The smallest absolute Gasteiger partial charge is 0.156 e. The Labute approximate surface area is 118 Å². The lowest BCUT2D eigenvalue weighted by Gasteiger charge is -2.16. The first-order valence-corrected chi connectivity index (χ1v) is 6.88. The molecular formula is C15H21N5. The van der Waals surface area contributed by atoms with Crippen LogP contribution < -0.4 is 5.32 Å². The van der Waals surface area contributed by atoms with Crippen LogP contribution in [0.1, 0.15) is 32.4 Å². The average molecular weight is 271 g/mol. The average Bonchev–Trinajstić information content (AvgIpc) is 3.15. The van der Waals surface area contributed by atoms with Gasteiger partial charge in [0.2, 0.25) is 0 Å². The van der Waals surface area contributed by atoms with Crippen molar-refractivity contribution >= 4 is 16.8 Å². The molecule has 3 aromatic rings. The summed E-state index contributed by atoms with van der Waals surface area (Å²) in [6, 6.07) is 2.07. The molecule has 20 heavy (non-hydrogen) atoms. The highest BCUT2D eigenvalue weighted by Crippen LogP contribution is 2.31. The van der Waals surface area contributed by atoms with Crippen LogP contribution in [0.5, 0.6) is 0 Å². The number of H-pyrrole nitrogens is 1. The van der Waals surface area contributed by atoms with Crippen molar-refractivity contribution in [2.24, 2.45) is 5.92 Å². The minimum absolute atomic E-state index is 0. The Balaban J connectivity index is 0.00000121. The molecule has 1 aliphatic rings. The molecule has 0 spiro atoms. The highest BCUT2D eigenvalue weighted by molar-refractivity contribution is 5.74. The summed E-state index contributed by atoms with van der Waals surface area (Å²) in [7, 11) is 0.